The molecule has 1 aliphatic rings. The summed E-state index contributed by atoms with van der Waals surface area (Å²) in [5.41, 5.74) is 0.854. The highest BCUT2D eigenvalue weighted by Crippen LogP contribution is 2.53. The molecule has 0 aromatic heterocycles. The lowest BCUT2D eigenvalue weighted by Gasteiger charge is -2.22. The molecule has 276 valence electrons. The number of esters is 2. The lowest BCUT2D eigenvalue weighted by Crippen LogP contribution is -2.29. The molecule has 53 heavy (non-hydrogen) atoms. The van der Waals surface area contributed by atoms with Gasteiger partial charge in [0.05, 0.1) is 7.11 Å². The summed E-state index contributed by atoms with van der Waals surface area (Å²) >= 11 is 0. The molecule has 0 spiro atoms. The molecule has 16 nitrogen and oxygen atoms in total. The Morgan fingerprint density at radius 3 is 2.06 bits per heavy atom. The normalized spacial score (nSPS) is 15.8. The average molecular weight is 733 g/mol. The second kappa shape index (κ2) is 15.8. The minimum Gasteiger partial charge on any atom is -0.504 e. The van der Waals surface area contributed by atoms with E-state index in [1.54, 1.807) is 0 Å². The van der Waals surface area contributed by atoms with E-state index in [0.717, 1.165) is 30.3 Å². The van der Waals surface area contributed by atoms with Gasteiger partial charge in [0.25, 0.3) is 12.8 Å². The van der Waals surface area contributed by atoms with Crippen molar-refractivity contribution in [2.24, 2.45) is 0 Å². The summed E-state index contributed by atoms with van der Waals surface area (Å²) in [6, 6.07) is 14.0. The number of hydrogen-bond acceptors (Lipinski definition) is 15. The molecule has 16 heteroatoms. The number of benzene rings is 4. The van der Waals surface area contributed by atoms with Crippen molar-refractivity contribution in [3.8, 4) is 46.0 Å². The SMILES string of the molecule is COc1ccc(C[C@H](OC=O)OC(=O)[C@H]2c3c(/C=C/C(=O)O[C@H](Cc4ccc(O)c(O)c4)C(=O)O)ccc(O)c3O[C@@H]2c2ccc(O)c(O)c2)cc1O. The van der Waals surface area contributed by atoms with E-state index in [2.05, 4.69) is 0 Å². The molecule has 0 bridgehead atoms. The maximum Gasteiger partial charge on any atom is 0.345 e. The van der Waals surface area contributed by atoms with Crippen molar-refractivity contribution in [1.82, 2.24) is 0 Å². The smallest absolute Gasteiger partial charge is 0.345 e. The summed E-state index contributed by atoms with van der Waals surface area (Å²) in [5, 5.41) is 70.1. The number of carbonyl (C=O) groups is 4. The van der Waals surface area contributed by atoms with E-state index in [4.69, 9.17) is 23.7 Å². The van der Waals surface area contributed by atoms with Crippen LogP contribution in [-0.2, 0) is 46.2 Å². The summed E-state index contributed by atoms with van der Waals surface area (Å²) in [6.45, 7) is 0.0519. The molecule has 1 heterocycles. The maximum atomic E-state index is 14.1. The fourth-order valence-electron chi connectivity index (χ4n) is 5.62. The molecule has 0 saturated heterocycles. The van der Waals surface area contributed by atoms with E-state index >= 15 is 0 Å². The summed E-state index contributed by atoms with van der Waals surface area (Å²) in [7, 11) is 1.35. The van der Waals surface area contributed by atoms with Gasteiger partial charge in [-0.1, -0.05) is 24.3 Å². The number of aromatic hydroxyl groups is 6. The van der Waals surface area contributed by atoms with Crippen LogP contribution in [-0.4, -0.2) is 79.6 Å². The van der Waals surface area contributed by atoms with Crippen LogP contribution < -0.4 is 9.47 Å². The lowest BCUT2D eigenvalue weighted by atomic mass is 9.87. The highest BCUT2D eigenvalue weighted by atomic mass is 16.7. The summed E-state index contributed by atoms with van der Waals surface area (Å²) in [4.78, 5) is 50.2. The molecule has 4 aromatic rings. The number of rotatable bonds is 14. The first-order valence-corrected chi connectivity index (χ1v) is 15.6. The zero-order valence-electron chi connectivity index (χ0n) is 27.6. The van der Waals surface area contributed by atoms with Crippen molar-refractivity contribution in [3.05, 3.63) is 101 Å². The van der Waals surface area contributed by atoms with Gasteiger partial charge in [0.1, 0.15) is 12.0 Å². The Morgan fingerprint density at radius 2 is 1.42 bits per heavy atom. The van der Waals surface area contributed by atoms with E-state index < -0.39 is 71.1 Å². The minimum absolute atomic E-state index is 0.0158. The first-order valence-electron chi connectivity index (χ1n) is 15.6. The Balaban J connectivity index is 1.46. The largest absolute Gasteiger partial charge is 0.504 e. The molecule has 4 atom stereocenters. The zero-order valence-corrected chi connectivity index (χ0v) is 27.6. The van der Waals surface area contributed by atoms with Crippen LogP contribution >= 0.6 is 0 Å². The maximum absolute atomic E-state index is 14.1. The molecule has 0 aliphatic carbocycles. The average Bonchev–Trinajstić information content (AvgIpc) is 3.53. The number of aliphatic carboxylic acids is 1. The predicted octanol–water partition coefficient (Wildman–Crippen LogP) is 3.68. The van der Waals surface area contributed by atoms with Crippen molar-refractivity contribution in [1.29, 1.82) is 0 Å². The predicted molar refractivity (Wildman–Crippen MR) is 179 cm³/mol. The van der Waals surface area contributed by atoms with E-state index in [0.29, 0.717) is 5.56 Å². The first kappa shape index (κ1) is 37.2. The van der Waals surface area contributed by atoms with Gasteiger partial charge in [-0.15, -0.1) is 0 Å². The minimum atomic E-state index is -1.71. The van der Waals surface area contributed by atoms with E-state index in [1.165, 1.54) is 55.7 Å². The van der Waals surface area contributed by atoms with Gasteiger partial charge in [-0.05, 0) is 70.8 Å². The van der Waals surface area contributed by atoms with Crippen molar-refractivity contribution in [2.45, 2.75) is 37.3 Å². The van der Waals surface area contributed by atoms with Gasteiger partial charge >= 0.3 is 17.9 Å². The van der Waals surface area contributed by atoms with E-state index in [-0.39, 0.29) is 58.8 Å². The molecule has 5 rings (SSSR count). The quantitative estimate of drug-likeness (QED) is 0.0321. The fraction of sp³-hybridized carbons (Fsp3) is 0.189. The first-order chi connectivity index (χ1) is 25.3. The summed E-state index contributed by atoms with van der Waals surface area (Å²) in [5.74, 6) is -7.84. The van der Waals surface area contributed by atoms with Crippen molar-refractivity contribution in [3.63, 3.8) is 0 Å². The Hall–Kier alpha value is -7.10. The number of carboxylic acid groups (broad SMARTS) is 1. The van der Waals surface area contributed by atoms with Gasteiger partial charge in [-0.3, -0.25) is 9.59 Å². The van der Waals surface area contributed by atoms with E-state index in [1.807, 2.05) is 0 Å². The monoisotopic (exact) mass is 732 g/mol. The highest BCUT2D eigenvalue weighted by Gasteiger charge is 2.45. The Morgan fingerprint density at radius 1 is 0.774 bits per heavy atom. The van der Waals surface area contributed by atoms with Gasteiger partial charge in [-0.25, -0.2) is 9.59 Å². The molecule has 0 radical (unpaired) electrons. The number of fused-ring (bicyclic) bond motifs is 1. The van der Waals surface area contributed by atoms with Crippen LogP contribution in [0.2, 0.25) is 0 Å². The number of carbonyl (C=O) groups excluding carboxylic acids is 3. The lowest BCUT2D eigenvalue weighted by molar-refractivity contribution is -0.182. The topological polar surface area (TPSA) is 256 Å². The molecule has 7 N–H and O–H groups in total. The molecule has 0 amide bonds. The highest BCUT2D eigenvalue weighted by molar-refractivity contribution is 5.91. The van der Waals surface area contributed by atoms with Gasteiger partial charge in [0.2, 0.25) is 6.10 Å². The molecular formula is C37H32O16. The number of carboxylic acids is 1. The Labute approximate surface area is 299 Å². The third-order valence-corrected chi connectivity index (χ3v) is 8.14. The van der Waals surface area contributed by atoms with Crippen LogP contribution in [0.5, 0.6) is 46.0 Å². The van der Waals surface area contributed by atoms with Crippen LogP contribution in [0.15, 0.2) is 72.8 Å². The van der Waals surface area contributed by atoms with Crippen LogP contribution in [0.25, 0.3) is 6.08 Å². The Bertz CT molecular complexity index is 2070. The third kappa shape index (κ3) is 8.45. The number of hydrogen-bond donors (Lipinski definition) is 7. The number of phenols is 6. The molecular weight excluding hydrogens is 700 g/mol. The van der Waals surface area contributed by atoms with Crippen LogP contribution in [0, 0.1) is 0 Å². The Kier molecular flexibility index (Phi) is 11.1. The van der Waals surface area contributed by atoms with Gasteiger partial charge in [0, 0.05) is 24.5 Å². The van der Waals surface area contributed by atoms with Crippen LogP contribution in [0.4, 0.5) is 0 Å². The van der Waals surface area contributed by atoms with Crippen LogP contribution in [0.1, 0.15) is 39.8 Å². The van der Waals surface area contributed by atoms with Gasteiger partial charge in [-0.2, -0.15) is 0 Å². The zero-order chi connectivity index (χ0) is 38.4. The molecule has 1 aliphatic heterocycles. The third-order valence-electron chi connectivity index (χ3n) is 8.14. The summed E-state index contributed by atoms with van der Waals surface area (Å²) < 4.78 is 26.8. The molecule has 0 fully saturated rings. The van der Waals surface area contributed by atoms with Crippen molar-refractivity contribution in [2.75, 3.05) is 7.11 Å². The van der Waals surface area contributed by atoms with E-state index in [9.17, 15) is 54.9 Å². The van der Waals surface area contributed by atoms with Gasteiger partial charge < -0.3 is 59.4 Å². The second-order valence-corrected chi connectivity index (χ2v) is 11.6. The number of ether oxygens (including phenoxy) is 5. The molecule has 0 unspecified atom stereocenters. The number of phenolic OH excluding ortho intramolecular Hbond substituents is 6. The van der Waals surface area contributed by atoms with Gasteiger partial charge in [0.15, 0.2) is 46.0 Å². The second-order valence-electron chi connectivity index (χ2n) is 11.6. The van der Waals surface area contributed by atoms with Crippen LogP contribution in [0.3, 0.4) is 0 Å². The fourth-order valence-corrected chi connectivity index (χ4v) is 5.62. The number of methoxy groups -OCH3 is 1. The molecule has 4 aromatic carbocycles. The summed E-state index contributed by atoms with van der Waals surface area (Å²) in [6.07, 6.45) is -3.11. The van der Waals surface area contributed by atoms with Crippen molar-refractivity contribution < 1.29 is 78.6 Å². The van der Waals surface area contributed by atoms with Crippen molar-refractivity contribution >= 4 is 30.5 Å². The molecule has 0 saturated carbocycles. The standard InChI is InChI=1S/C37H32O16/c1-49-28-10-3-19(13-27(28)44)15-31(50-17-38)52-37(48)33-32-20(4-9-24(41)35(32)53-34(33)21-5-8-23(40)26(43)16-21)6-11-30(45)51-29(36(46)47)14-18-2-7-22(39)25(42)12-18/h2-13,16-17,29,31,33-34,39-44H,14-15H2,1H3,(H,46,47)/b11-6+/t29-,31-,33+,34-/m1/s1.